The van der Waals surface area contributed by atoms with Gasteiger partial charge in [-0.05, 0) is 86.0 Å². The Hall–Kier alpha value is -4.62. The molecule has 206 valence electrons. The second kappa shape index (κ2) is 9.74. The molecule has 0 spiro atoms. The maximum atomic E-state index is 2.44. The summed E-state index contributed by atoms with van der Waals surface area (Å²) in [5, 5.41) is 2.48. The number of fused-ring (bicyclic) bond motifs is 4. The Bertz CT molecular complexity index is 1920. The zero-order chi connectivity index (χ0) is 29.1. The normalized spacial score (nSPS) is 13.5. The molecule has 1 heteroatoms. The first-order chi connectivity index (χ1) is 20.2. The molecule has 0 fully saturated rings. The van der Waals surface area contributed by atoms with Crippen LogP contribution < -0.4 is 4.90 Å². The number of hydrogen-bond donors (Lipinski definition) is 0. The molecule has 0 aliphatic heterocycles. The summed E-state index contributed by atoms with van der Waals surface area (Å²) in [4.78, 5) is 2.44. The molecule has 1 aliphatic rings. The maximum Gasteiger partial charge on any atom is 0.0546 e. The van der Waals surface area contributed by atoms with E-state index in [1.54, 1.807) is 0 Å². The van der Waals surface area contributed by atoms with Crippen molar-refractivity contribution < 1.29 is 0 Å². The van der Waals surface area contributed by atoms with E-state index in [2.05, 4.69) is 173 Å². The molecule has 42 heavy (non-hydrogen) atoms. The van der Waals surface area contributed by atoms with E-state index < -0.39 is 0 Å². The Balaban J connectivity index is 1.50. The molecule has 0 N–H and O–H groups in total. The predicted octanol–water partition coefficient (Wildman–Crippen LogP) is 11.6. The summed E-state index contributed by atoms with van der Waals surface area (Å²) in [6, 6.07) is 49.0. The fraction of sp³-hybridized carbons (Fsp3) is 0.171. The SMILES string of the molecule is CC(C)(C)c1cccc2c1-c1ccc(N(c3ccccc3)c3cc4ccccc4cc3-c3ccccc3)cc1C2(C)C. The molecule has 6 aromatic rings. The van der Waals surface area contributed by atoms with Gasteiger partial charge in [0.1, 0.15) is 0 Å². The predicted molar refractivity (Wildman–Crippen MR) is 180 cm³/mol. The van der Waals surface area contributed by atoms with Crippen molar-refractivity contribution in [2.75, 3.05) is 4.90 Å². The van der Waals surface area contributed by atoms with E-state index in [9.17, 15) is 0 Å². The summed E-state index contributed by atoms with van der Waals surface area (Å²) in [6.07, 6.45) is 0. The van der Waals surface area contributed by atoms with Crippen LogP contribution >= 0.6 is 0 Å². The van der Waals surface area contributed by atoms with E-state index in [4.69, 9.17) is 0 Å². The maximum absolute atomic E-state index is 2.44. The van der Waals surface area contributed by atoms with Crippen LogP contribution in [0.2, 0.25) is 0 Å². The van der Waals surface area contributed by atoms with Gasteiger partial charge in [-0.25, -0.2) is 0 Å². The summed E-state index contributed by atoms with van der Waals surface area (Å²) >= 11 is 0. The Morgan fingerprint density at radius 1 is 0.524 bits per heavy atom. The summed E-state index contributed by atoms with van der Waals surface area (Å²) in [6.45, 7) is 11.7. The van der Waals surface area contributed by atoms with Gasteiger partial charge in [0.25, 0.3) is 0 Å². The number of para-hydroxylation sites is 1. The van der Waals surface area contributed by atoms with Crippen molar-refractivity contribution in [1.82, 2.24) is 0 Å². The van der Waals surface area contributed by atoms with E-state index in [1.165, 1.54) is 61.1 Å². The molecular weight excluding hydrogens is 506 g/mol. The van der Waals surface area contributed by atoms with E-state index >= 15 is 0 Å². The molecule has 0 unspecified atom stereocenters. The van der Waals surface area contributed by atoms with Gasteiger partial charge >= 0.3 is 0 Å². The molecule has 0 atom stereocenters. The van der Waals surface area contributed by atoms with Crippen molar-refractivity contribution in [2.45, 2.75) is 45.4 Å². The molecule has 0 aromatic heterocycles. The molecular formula is C41H37N. The lowest BCUT2D eigenvalue weighted by Gasteiger charge is -2.30. The smallest absolute Gasteiger partial charge is 0.0546 e. The lowest BCUT2D eigenvalue weighted by molar-refractivity contribution is 0.589. The third kappa shape index (κ3) is 4.23. The van der Waals surface area contributed by atoms with E-state index in [0.29, 0.717) is 0 Å². The molecule has 0 radical (unpaired) electrons. The van der Waals surface area contributed by atoms with Gasteiger partial charge in [0, 0.05) is 22.4 Å². The van der Waals surface area contributed by atoms with Crippen LogP contribution in [0, 0.1) is 0 Å². The van der Waals surface area contributed by atoms with Gasteiger partial charge in [0.05, 0.1) is 5.69 Å². The highest BCUT2D eigenvalue weighted by atomic mass is 15.1. The van der Waals surface area contributed by atoms with Crippen molar-refractivity contribution in [3.8, 4) is 22.3 Å². The third-order valence-electron chi connectivity index (χ3n) is 8.95. The fourth-order valence-electron chi connectivity index (χ4n) is 6.81. The van der Waals surface area contributed by atoms with Crippen molar-refractivity contribution >= 4 is 27.8 Å². The second-order valence-corrected chi connectivity index (χ2v) is 13.1. The minimum atomic E-state index is -0.101. The quantitative estimate of drug-likeness (QED) is 0.214. The highest BCUT2D eigenvalue weighted by Crippen LogP contribution is 2.54. The minimum absolute atomic E-state index is 0.0630. The van der Waals surface area contributed by atoms with Crippen LogP contribution in [0.15, 0.2) is 133 Å². The molecule has 0 amide bonds. The minimum Gasteiger partial charge on any atom is -0.310 e. The van der Waals surface area contributed by atoms with Gasteiger partial charge in [-0.3, -0.25) is 0 Å². The Kier molecular flexibility index (Phi) is 6.10. The van der Waals surface area contributed by atoms with Crippen LogP contribution in [0.1, 0.15) is 51.3 Å². The standard InChI is InChI=1S/C41H37N/c1-40(2,3)35-21-14-22-36-39(35)33-24-23-32(27-37(33)41(36,4)5)42(31-19-10-7-11-20-31)38-26-30-18-13-12-17-29(30)25-34(38)28-15-8-6-9-16-28/h6-27H,1-5H3. The summed E-state index contributed by atoms with van der Waals surface area (Å²) in [5.41, 5.74) is 12.9. The second-order valence-electron chi connectivity index (χ2n) is 13.1. The van der Waals surface area contributed by atoms with E-state index in [1.807, 2.05) is 0 Å². The number of hydrogen-bond acceptors (Lipinski definition) is 1. The van der Waals surface area contributed by atoms with Crippen LogP contribution in [0.25, 0.3) is 33.0 Å². The summed E-state index contributed by atoms with van der Waals surface area (Å²) in [5.74, 6) is 0. The Labute approximate surface area is 250 Å². The van der Waals surface area contributed by atoms with Crippen molar-refractivity contribution in [3.05, 3.63) is 150 Å². The molecule has 0 heterocycles. The van der Waals surface area contributed by atoms with E-state index in [0.717, 1.165) is 5.69 Å². The molecule has 6 aromatic carbocycles. The number of rotatable bonds is 4. The number of anilines is 3. The van der Waals surface area contributed by atoms with Gasteiger partial charge in [-0.15, -0.1) is 0 Å². The largest absolute Gasteiger partial charge is 0.310 e. The van der Waals surface area contributed by atoms with Gasteiger partial charge in [0.15, 0.2) is 0 Å². The molecule has 0 bridgehead atoms. The summed E-state index contributed by atoms with van der Waals surface area (Å²) in [7, 11) is 0. The van der Waals surface area contributed by atoms with Crippen LogP contribution in [0.5, 0.6) is 0 Å². The lowest BCUT2D eigenvalue weighted by atomic mass is 9.79. The molecule has 1 nitrogen and oxygen atoms in total. The molecule has 1 aliphatic carbocycles. The fourth-order valence-corrected chi connectivity index (χ4v) is 6.81. The van der Waals surface area contributed by atoms with Crippen LogP contribution in [-0.4, -0.2) is 0 Å². The summed E-state index contributed by atoms with van der Waals surface area (Å²) < 4.78 is 0. The van der Waals surface area contributed by atoms with Gasteiger partial charge in [0.2, 0.25) is 0 Å². The zero-order valence-corrected chi connectivity index (χ0v) is 25.1. The van der Waals surface area contributed by atoms with Gasteiger partial charge < -0.3 is 4.90 Å². The van der Waals surface area contributed by atoms with Crippen LogP contribution in [0.4, 0.5) is 17.1 Å². The third-order valence-corrected chi connectivity index (χ3v) is 8.95. The first-order valence-electron chi connectivity index (χ1n) is 15.0. The Morgan fingerprint density at radius 2 is 1.17 bits per heavy atom. The average molecular weight is 544 g/mol. The highest BCUT2D eigenvalue weighted by molar-refractivity contribution is 5.98. The monoisotopic (exact) mass is 543 g/mol. The zero-order valence-electron chi connectivity index (χ0n) is 25.1. The first kappa shape index (κ1) is 26.3. The topological polar surface area (TPSA) is 3.24 Å². The lowest BCUT2D eigenvalue weighted by Crippen LogP contribution is -2.17. The Morgan fingerprint density at radius 3 is 1.86 bits per heavy atom. The van der Waals surface area contributed by atoms with Crippen LogP contribution in [-0.2, 0) is 10.8 Å². The van der Waals surface area contributed by atoms with Crippen molar-refractivity contribution in [2.24, 2.45) is 0 Å². The molecule has 7 rings (SSSR count). The number of benzene rings is 6. The van der Waals surface area contributed by atoms with E-state index in [-0.39, 0.29) is 10.8 Å². The average Bonchev–Trinajstić information content (AvgIpc) is 3.23. The first-order valence-corrected chi connectivity index (χ1v) is 15.0. The molecule has 0 saturated carbocycles. The number of nitrogens with zero attached hydrogens (tertiary/aromatic N) is 1. The highest BCUT2D eigenvalue weighted by Gasteiger charge is 2.39. The van der Waals surface area contributed by atoms with Crippen molar-refractivity contribution in [3.63, 3.8) is 0 Å². The van der Waals surface area contributed by atoms with Gasteiger partial charge in [-0.1, -0.05) is 132 Å². The molecule has 0 saturated heterocycles. The van der Waals surface area contributed by atoms with Crippen molar-refractivity contribution in [1.29, 1.82) is 0 Å². The van der Waals surface area contributed by atoms with Crippen LogP contribution in [0.3, 0.4) is 0 Å². The van der Waals surface area contributed by atoms with Gasteiger partial charge in [-0.2, -0.15) is 0 Å².